The summed E-state index contributed by atoms with van der Waals surface area (Å²) in [6.45, 7) is 9.28. The molecule has 2 heterocycles. The fraction of sp³-hybridized carbons (Fsp3) is 0.647. The van der Waals surface area contributed by atoms with E-state index in [9.17, 15) is 4.79 Å². The standard InChI is InChI=1S/C17H27N3O2/c1-4-22-17(21)20(16-10-8-9-14(2)18-16)15(3)13-19-11-6-5-7-12-19/h8-10,15H,4-7,11-13H2,1-3H3. The molecule has 5 heteroatoms. The van der Waals surface area contributed by atoms with Crippen molar-refractivity contribution in [1.29, 1.82) is 0 Å². The van der Waals surface area contributed by atoms with Gasteiger partial charge in [0.25, 0.3) is 0 Å². The second-order valence-electron chi connectivity index (χ2n) is 5.92. The summed E-state index contributed by atoms with van der Waals surface area (Å²) in [6, 6.07) is 5.77. The number of anilines is 1. The van der Waals surface area contributed by atoms with Crippen LogP contribution in [0.15, 0.2) is 18.2 Å². The fourth-order valence-corrected chi connectivity index (χ4v) is 2.95. The maximum absolute atomic E-state index is 12.4. The summed E-state index contributed by atoms with van der Waals surface area (Å²) in [4.78, 5) is 21.0. The van der Waals surface area contributed by atoms with Crippen molar-refractivity contribution in [2.45, 2.75) is 46.1 Å². The molecule has 1 fully saturated rings. The Morgan fingerprint density at radius 1 is 1.36 bits per heavy atom. The highest BCUT2D eigenvalue weighted by Gasteiger charge is 2.26. The van der Waals surface area contributed by atoms with Crippen LogP contribution in [0.3, 0.4) is 0 Å². The summed E-state index contributed by atoms with van der Waals surface area (Å²) in [5.74, 6) is 0.669. The van der Waals surface area contributed by atoms with Crippen LogP contribution in [0.2, 0.25) is 0 Å². The Kier molecular flexibility index (Phi) is 6.19. The quantitative estimate of drug-likeness (QED) is 0.838. The van der Waals surface area contributed by atoms with Crippen molar-refractivity contribution >= 4 is 11.9 Å². The van der Waals surface area contributed by atoms with Crippen LogP contribution in [0.4, 0.5) is 10.6 Å². The summed E-state index contributed by atoms with van der Waals surface area (Å²) >= 11 is 0. The van der Waals surface area contributed by atoms with Crippen LogP contribution in [0.25, 0.3) is 0 Å². The number of amides is 1. The Balaban J connectivity index is 2.13. The Bertz CT molecular complexity index is 487. The fourth-order valence-electron chi connectivity index (χ4n) is 2.95. The molecule has 0 N–H and O–H groups in total. The maximum atomic E-state index is 12.4. The van der Waals surface area contributed by atoms with Crippen LogP contribution in [0, 0.1) is 6.92 Å². The van der Waals surface area contributed by atoms with E-state index in [0.717, 1.165) is 25.3 Å². The van der Waals surface area contributed by atoms with Gasteiger partial charge in [0.2, 0.25) is 0 Å². The van der Waals surface area contributed by atoms with Crippen LogP contribution in [-0.4, -0.2) is 48.3 Å². The maximum Gasteiger partial charge on any atom is 0.415 e. The molecule has 0 saturated carbocycles. The van der Waals surface area contributed by atoms with Crippen molar-refractivity contribution in [3.63, 3.8) is 0 Å². The molecule has 1 aromatic rings. The van der Waals surface area contributed by atoms with E-state index in [1.54, 1.807) is 4.90 Å². The zero-order chi connectivity index (χ0) is 15.9. The highest BCUT2D eigenvalue weighted by molar-refractivity contribution is 5.87. The molecular weight excluding hydrogens is 278 g/mol. The number of ether oxygens (including phenoxy) is 1. The number of hydrogen-bond acceptors (Lipinski definition) is 4. The number of nitrogens with zero attached hydrogens (tertiary/aromatic N) is 3. The predicted octanol–water partition coefficient (Wildman–Crippen LogP) is 3.23. The van der Waals surface area contributed by atoms with Crippen molar-refractivity contribution in [2.24, 2.45) is 0 Å². The molecule has 0 aliphatic carbocycles. The van der Waals surface area contributed by atoms with Gasteiger partial charge in [-0.1, -0.05) is 12.5 Å². The van der Waals surface area contributed by atoms with Gasteiger partial charge < -0.3 is 9.64 Å². The van der Waals surface area contributed by atoms with E-state index >= 15 is 0 Å². The normalized spacial score (nSPS) is 17.0. The number of likely N-dealkylation sites (tertiary alicyclic amines) is 1. The SMILES string of the molecule is CCOC(=O)N(c1cccc(C)n1)C(C)CN1CCCCC1. The molecule has 1 unspecified atom stereocenters. The van der Waals surface area contributed by atoms with Gasteiger partial charge in [0.1, 0.15) is 5.82 Å². The van der Waals surface area contributed by atoms with E-state index in [2.05, 4.69) is 16.8 Å². The lowest BCUT2D eigenvalue weighted by Gasteiger charge is -2.34. The molecule has 0 spiro atoms. The number of rotatable bonds is 5. The van der Waals surface area contributed by atoms with Crippen molar-refractivity contribution in [2.75, 3.05) is 31.1 Å². The van der Waals surface area contributed by atoms with Crippen LogP contribution >= 0.6 is 0 Å². The smallest absolute Gasteiger partial charge is 0.415 e. The van der Waals surface area contributed by atoms with Crippen LogP contribution in [0.5, 0.6) is 0 Å². The lowest BCUT2D eigenvalue weighted by molar-refractivity contribution is 0.152. The van der Waals surface area contributed by atoms with Gasteiger partial charge in [-0.3, -0.25) is 4.90 Å². The Labute approximate surface area is 133 Å². The molecule has 122 valence electrons. The number of carbonyl (C=O) groups is 1. The second-order valence-corrected chi connectivity index (χ2v) is 5.92. The number of aryl methyl sites for hydroxylation is 1. The third-order valence-corrected chi connectivity index (χ3v) is 4.00. The molecule has 1 aromatic heterocycles. The average molecular weight is 305 g/mol. The molecule has 22 heavy (non-hydrogen) atoms. The summed E-state index contributed by atoms with van der Waals surface area (Å²) < 4.78 is 5.24. The topological polar surface area (TPSA) is 45.7 Å². The molecule has 1 amide bonds. The molecular formula is C17H27N3O2. The molecule has 1 saturated heterocycles. The van der Waals surface area contributed by atoms with Gasteiger partial charge in [-0.25, -0.2) is 9.78 Å². The zero-order valence-corrected chi connectivity index (χ0v) is 13.9. The second kappa shape index (κ2) is 8.13. The molecule has 5 nitrogen and oxygen atoms in total. The zero-order valence-electron chi connectivity index (χ0n) is 13.9. The molecule has 1 atom stereocenters. The van der Waals surface area contributed by atoms with Crippen molar-refractivity contribution in [1.82, 2.24) is 9.88 Å². The summed E-state index contributed by atoms with van der Waals surface area (Å²) in [7, 11) is 0. The lowest BCUT2D eigenvalue weighted by atomic mass is 10.1. The first-order valence-electron chi connectivity index (χ1n) is 8.23. The van der Waals surface area contributed by atoms with E-state index in [4.69, 9.17) is 4.74 Å². The van der Waals surface area contributed by atoms with E-state index in [0.29, 0.717) is 12.4 Å². The molecule has 1 aliphatic rings. The number of carbonyl (C=O) groups excluding carboxylic acids is 1. The predicted molar refractivity (Wildman–Crippen MR) is 88.2 cm³/mol. The van der Waals surface area contributed by atoms with E-state index < -0.39 is 0 Å². The van der Waals surface area contributed by atoms with E-state index in [-0.39, 0.29) is 12.1 Å². The largest absolute Gasteiger partial charge is 0.449 e. The van der Waals surface area contributed by atoms with Gasteiger partial charge in [-0.05, 0) is 58.8 Å². The van der Waals surface area contributed by atoms with Gasteiger partial charge in [-0.2, -0.15) is 0 Å². The minimum absolute atomic E-state index is 0.0337. The molecule has 0 aromatic carbocycles. The Morgan fingerprint density at radius 3 is 2.73 bits per heavy atom. The van der Waals surface area contributed by atoms with Gasteiger partial charge in [0.15, 0.2) is 0 Å². The minimum Gasteiger partial charge on any atom is -0.449 e. The first-order valence-corrected chi connectivity index (χ1v) is 8.23. The first kappa shape index (κ1) is 16.7. The molecule has 1 aliphatic heterocycles. The lowest BCUT2D eigenvalue weighted by Crippen LogP contribution is -2.47. The van der Waals surface area contributed by atoms with Crippen LogP contribution in [0.1, 0.15) is 38.8 Å². The summed E-state index contributed by atoms with van der Waals surface area (Å²) in [6.07, 6.45) is 3.49. The highest BCUT2D eigenvalue weighted by atomic mass is 16.6. The monoisotopic (exact) mass is 305 g/mol. The van der Waals surface area contributed by atoms with Crippen LogP contribution < -0.4 is 4.90 Å². The first-order chi connectivity index (χ1) is 10.6. The third kappa shape index (κ3) is 4.44. The highest BCUT2D eigenvalue weighted by Crippen LogP contribution is 2.18. The summed E-state index contributed by atoms with van der Waals surface area (Å²) in [5.41, 5.74) is 0.900. The Hall–Kier alpha value is -1.62. The molecule has 0 radical (unpaired) electrons. The number of aromatic nitrogens is 1. The van der Waals surface area contributed by atoms with Gasteiger partial charge in [0, 0.05) is 12.2 Å². The van der Waals surface area contributed by atoms with Crippen LogP contribution in [-0.2, 0) is 4.74 Å². The minimum atomic E-state index is -0.315. The Morgan fingerprint density at radius 2 is 2.09 bits per heavy atom. The summed E-state index contributed by atoms with van der Waals surface area (Å²) in [5, 5.41) is 0. The van der Waals surface area contributed by atoms with E-state index in [1.165, 1.54) is 19.3 Å². The van der Waals surface area contributed by atoms with E-state index in [1.807, 2.05) is 32.0 Å². The number of pyridine rings is 1. The van der Waals surface area contributed by atoms with Crippen molar-refractivity contribution < 1.29 is 9.53 Å². The molecule has 0 bridgehead atoms. The number of piperidine rings is 1. The van der Waals surface area contributed by atoms with Crippen molar-refractivity contribution in [3.05, 3.63) is 23.9 Å². The van der Waals surface area contributed by atoms with Crippen molar-refractivity contribution in [3.8, 4) is 0 Å². The number of hydrogen-bond donors (Lipinski definition) is 0. The van der Waals surface area contributed by atoms with Gasteiger partial charge >= 0.3 is 6.09 Å². The average Bonchev–Trinajstić information content (AvgIpc) is 2.49. The molecule has 2 rings (SSSR count). The van der Waals surface area contributed by atoms with Gasteiger partial charge in [-0.15, -0.1) is 0 Å². The third-order valence-electron chi connectivity index (χ3n) is 4.00. The van der Waals surface area contributed by atoms with Gasteiger partial charge in [0.05, 0.1) is 12.6 Å².